The maximum absolute atomic E-state index is 11.2. The van der Waals surface area contributed by atoms with Gasteiger partial charge in [0, 0.05) is 7.05 Å². The van der Waals surface area contributed by atoms with Crippen molar-refractivity contribution >= 4 is 28.7 Å². The smallest absolute Gasteiger partial charge is 0.435 e. The molecule has 0 spiro atoms. The number of ether oxygens (including phenoxy) is 2. The Morgan fingerprint density at radius 3 is 2.90 bits per heavy atom. The highest BCUT2D eigenvalue weighted by Gasteiger charge is 2.19. The molecule has 0 N–H and O–H groups in total. The Balaban J connectivity index is 2.15. The molecule has 108 valence electrons. The molecule has 2 aromatic heterocycles. The van der Waals surface area contributed by atoms with Gasteiger partial charge in [-0.1, -0.05) is 0 Å². The minimum absolute atomic E-state index is 0.245. The number of tetrazole rings is 1. The first-order chi connectivity index (χ1) is 9.52. The van der Waals surface area contributed by atoms with E-state index in [1.807, 2.05) is 0 Å². The van der Waals surface area contributed by atoms with E-state index >= 15 is 0 Å². The van der Waals surface area contributed by atoms with E-state index in [4.69, 9.17) is 4.74 Å². The minimum atomic E-state index is -0.769. The molecular formula is C10H13IN6O3. The summed E-state index contributed by atoms with van der Waals surface area (Å²) in [6.45, 7) is 3.56. The molecule has 0 saturated heterocycles. The quantitative estimate of drug-likeness (QED) is 0.573. The predicted molar refractivity (Wildman–Crippen MR) is 75.6 cm³/mol. The van der Waals surface area contributed by atoms with Crippen LogP contribution in [0.5, 0.6) is 0 Å². The normalized spacial score (nSPS) is 12.2. The second kappa shape index (κ2) is 6.15. The Kier molecular flexibility index (Phi) is 4.52. The van der Waals surface area contributed by atoms with Crippen molar-refractivity contribution in [1.29, 1.82) is 0 Å². The van der Waals surface area contributed by atoms with Crippen LogP contribution in [-0.2, 0) is 16.5 Å². The van der Waals surface area contributed by atoms with Gasteiger partial charge < -0.3 is 9.47 Å². The van der Waals surface area contributed by atoms with Crippen molar-refractivity contribution in [3.63, 3.8) is 0 Å². The van der Waals surface area contributed by atoms with E-state index in [1.165, 1.54) is 4.80 Å². The van der Waals surface area contributed by atoms with Gasteiger partial charge >= 0.3 is 6.16 Å². The zero-order valence-corrected chi connectivity index (χ0v) is 13.3. The van der Waals surface area contributed by atoms with Crippen molar-refractivity contribution < 1.29 is 14.3 Å². The number of hydrogen-bond acceptors (Lipinski definition) is 7. The van der Waals surface area contributed by atoms with Crippen LogP contribution in [0, 0.1) is 3.57 Å². The fraction of sp³-hybridized carbons (Fsp3) is 0.500. The molecule has 0 saturated carbocycles. The molecular weight excluding hydrogens is 379 g/mol. The lowest BCUT2D eigenvalue weighted by Gasteiger charge is -2.10. The van der Waals surface area contributed by atoms with Crippen LogP contribution in [0.15, 0.2) is 6.20 Å². The summed E-state index contributed by atoms with van der Waals surface area (Å²) in [7, 11) is 1.79. The van der Waals surface area contributed by atoms with Gasteiger partial charge in [0.15, 0.2) is 0 Å². The minimum Gasteiger partial charge on any atom is -0.435 e. The topological polar surface area (TPSA) is 97.0 Å². The maximum Gasteiger partial charge on any atom is 0.510 e. The summed E-state index contributed by atoms with van der Waals surface area (Å²) in [5.74, 6) is 0.411. The van der Waals surface area contributed by atoms with E-state index in [-0.39, 0.29) is 6.61 Å². The van der Waals surface area contributed by atoms with Crippen molar-refractivity contribution in [3.05, 3.63) is 9.77 Å². The van der Waals surface area contributed by atoms with Crippen molar-refractivity contribution in [2.24, 2.45) is 7.05 Å². The number of halogens is 1. The van der Waals surface area contributed by atoms with E-state index in [0.717, 1.165) is 9.26 Å². The first-order valence-corrected chi connectivity index (χ1v) is 6.91. The molecule has 0 aromatic carbocycles. The Morgan fingerprint density at radius 1 is 1.55 bits per heavy atom. The number of rotatable bonds is 4. The van der Waals surface area contributed by atoms with Crippen LogP contribution in [0.4, 0.5) is 4.79 Å². The first kappa shape index (κ1) is 14.7. The highest BCUT2D eigenvalue weighted by atomic mass is 127. The zero-order chi connectivity index (χ0) is 14.7. The number of aromatic nitrogens is 6. The third kappa shape index (κ3) is 3.05. The molecule has 0 bridgehead atoms. The SMILES string of the molecule is CCOC(=O)O[C@@H](C)n1nnc(-c2c(I)cnn2C)n1. The second-order valence-corrected chi connectivity index (χ2v) is 4.96. The van der Waals surface area contributed by atoms with Crippen LogP contribution in [-0.4, -0.2) is 42.7 Å². The maximum atomic E-state index is 11.2. The molecule has 20 heavy (non-hydrogen) atoms. The van der Waals surface area contributed by atoms with Crippen molar-refractivity contribution in [2.45, 2.75) is 20.1 Å². The lowest BCUT2D eigenvalue weighted by Crippen LogP contribution is -2.18. The molecule has 0 aliphatic heterocycles. The van der Waals surface area contributed by atoms with Gasteiger partial charge in [-0.05, 0) is 41.7 Å². The molecule has 9 nitrogen and oxygen atoms in total. The lowest BCUT2D eigenvalue weighted by atomic mass is 10.4. The molecule has 0 unspecified atom stereocenters. The summed E-state index contributed by atoms with van der Waals surface area (Å²) in [6, 6.07) is 0. The standard InChI is InChI=1S/C10H13IN6O3/c1-4-19-10(18)20-6(2)17-14-9(13-15-17)8-7(11)5-12-16(8)3/h5-6H,4H2,1-3H3/t6-/m0/s1. The summed E-state index contributed by atoms with van der Waals surface area (Å²) < 4.78 is 12.2. The highest BCUT2D eigenvalue weighted by molar-refractivity contribution is 14.1. The number of carbonyl (C=O) groups is 1. The van der Waals surface area contributed by atoms with E-state index in [9.17, 15) is 4.79 Å². The van der Waals surface area contributed by atoms with Gasteiger partial charge in [-0.3, -0.25) is 4.68 Å². The summed E-state index contributed by atoms with van der Waals surface area (Å²) in [6.07, 6.45) is 0.227. The third-order valence-corrected chi connectivity index (χ3v) is 3.18. The van der Waals surface area contributed by atoms with Crippen LogP contribution < -0.4 is 0 Å². The van der Waals surface area contributed by atoms with Gasteiger partial charge in [0.25, 0.3) is 0 Å². The Bertz CT molecular complexity index is 590. The molecule has 0 aliphatic rings. The van der Waals surface area contributed by atoms with Gasteiger partial charge in [0.1, 0.15) is 5.69 Å². The van der Waals surface area contributed by atoms with Crippen LogP contribution in [0.25, 0.3) is 11.5 Å². The average Bonchev–Trinajstić information content (AvgIpc) is 2.97. The van der Waals surface area contributed by atoms with Crippen molar-refractivity contribution in [1.82, 2.24) is 30.0 Å². The van der Waals surface area contributed by atoms with Crippen molar-refractivity contribution in [3.8, 4) is 11.5 Å². The predicted octanol–water partition coefficient (Wildman–Crippen LogP) is 1.37. The second-order valence-electron chi connectivity index (χ2n) is 3.80. The van der Waals surface area contributed by atoms with Crippen LogP contribution in [0.1, 0.15) is 20.1 Å². The molecule has 10 heteroatoms. The van der Waals surface area contributed by atoms with Gasteiger partial charge in [-0.25, -0.2) is 4.79 Å². The molecule has 0 amide bonds. The molecule has 0 aliphatic carbocycles. The summed E-state index contributed by atoms with van der Waals surface area (Å²) in [5.41, 5.74) is 0.750. The summed E-state index contributed by atoms with van der Waals surface area (Å²) in [5, 5.41) is 16.1. The Morgan fingerprint density at radius 2 is 2.30 bits per heavy atom. The monoisotopic (exact) mass is 392 g/mol. The zero-order valence-electron chi connectivity index (χ0n) is 11.1. The Hall–Kier alpha value is -1.72. The van der Waals surface area contributed by atoms with E-state index in [2.05, 4.69) is 47.8 Å². The fourth-order valence-electron chi connectivity index (χ4n) is 1.47. The summed E-state index contributed by atoms with van der Waals surface area (Å²) in [4.78, 5) is 12.4. The number of hydrogen-bond donors (Lipinski definition) is 0. The van der Waals surface area contributed by atoms with Gasteiger partial charge in [-0.2, -0.15) is 5.10 Å². The van der Waals surface area contributed by atoms with E-state index < -0.39 is 12.4 Å². The lowest BCUT2D eigenvalue weighted by molar-refractivity contribution is -0.00513. The van der Waals surface area contributed by atoms with E-state index in [0.29, 0.717) is 5.82 Å². The Labute approximate surface area is 128 Å². The van der Waals surface area contributed by atoms with Crippen LogP contribution >= 0.6 is 22.6 Å². The molecule has 0 radical (unpaired) electrons. The molecule has 2 heterocycles. The fourth-order valence-corrected chi connectivity index (χ4v) is 2.19. The average molecular weight is 392 g/mol. The van der Waals surface area contributed by atoms with Gasteiger partial charge in [-0.15, -0.1) is 15.0 Å². The van der Waals surface area contributed by atoms with Crippen molar-refractivity contribution in [2.75, 3.05) is 6.61 Å². The molecule has 2 aromatic rings. The molecule has 1 atom stereocenters. The molecule has 2 rings (SSSR count). The first-order valence-electron chi connectivity index (χ1n) is 5.83. The third-order valence-electron chi connectivity index (χ3n) is 2.39. The molecule has 0 fully saturated rings. The van der Waals surface area contributed by atoms with Gasteiger partial charge in [0.2, 0.25) is 12.1 Å². The van der Waals surface area contributed by atoms with Crippen LogP contribution in [0.2, 0.25) is 0 Å². The number of nitrogens with zero attached hydrogens (tertiary/aromatic N) is 6. The van der Waals surface area contributed by atoms with Crippen LogP contribution in [0.3, 0.4) is 0 Å². The summed E-state index contributed by atoms with van der Waals surface area (Å²) >= 11 is 2.14. The van der Waals surface area contributed by atoms with Gasteiger partial charge in [0.05, 0.1) is 16.4 Å². The largest absolute Gasteiger partial charge is 0.510 e. The van der Waals surface area contributed by atoms with E-state index in [1.54, 1.807) is 31.8 Å². The highest BCUT2D eigenvalue weighted by Crippen LogP contribution is 2.20. The number of aryl methyl sites for hydroxylation is 1. The number of carbonyl (C=O) groups excluding carboxylic acids is 1.